The number of nitrogens with one attached hydrogen (secondary N) is 1. The van der Waals surface area contributed by atoms with Gasteiger partial charge in [-0.3, -0.25) is 0 Å². The molecule has 3 nitrogen and oxygen atoms in total. The van der Waals surface area contributed by atoms with Gasteiger partial charge in [-0.25, -0.2) is 0 Å². The molecule has 3 heteroatoms. The minimum absolute atomic E-state index is 0.228. The average Bonchev–Trinajstić information content (AvgIpc) is 2.54. The van der Waals surface area contributed by atoms with E-state index in [0.717, 1.165) is 19.5 Å². The third-order valence-electron chi connectivity index (χ3n) is 4.65. The molecule has 0 saturated heterocycles. The maximum atomic E-state index is 5.90. The van der Waals surface area contributed by atoms with Crippen molar-refractivity contribution in [3.8, 4) is 0 Å². The summed E-state index contributed by atoms with van der Waals surface area (Å²) in [6.07, 6.45) is 20.8. The highest BCUT2D eigenvalue weighted by Gasteiger charge is 1.99. The van der Waals surface area contributed by atoms with Crippen molar-refractivity contribution in [2.45, 2.75) is 109 Å². The molecule has 0 bridgehead atoms. The summed E-state index contributed by atoms with van der Waals surface area (Å²) >= 11 is 0. The van der Waals surface area contributed by atoms with E-state index in [1.165, 1.54) is 89.9 Å². The molecule has 0 aromatic rings. The predicted octanol–water partition coefficient (Wildman–Crippen LogP) is 4.73. The summed E-state index contributed by atoms with van der Waals surface area (Å²) in [5.41, 5.74) is 11.4. The quantitative estimate of drug-likeness (QED) is 0.300. The summed E-state index contributed by atoms with van der Waals surface area (Å²) in [5.74, 6) is 0. The second-order valence-corrected chi connectivity index (χ2v) is 7.14. The fourth-order valence-electron chi connectivity index (χ4n) is 3.05. The van der Waals surface area contributed by atoms with Crippen LogP contribution in [-0.2, 0) is 0 Å². The molecule has 23 heavy (non-hydrogen) atoms. The fraction of sp³-hybridized carbons (Fsp3) is 1.00. The predicted molar refractivity (Wildman–Crippen MR) is 105 cm³/mol. The lowest BCUT2D eigenvalue weighted by molar-refractivity contribution is 0.513. The zero-order valence-corrected chi connectivity index (χ0v) is 16.0. The van der Waals surface area contributed by atoms with Crippen LogP contribution in [0.4, 0.5) is 0 Å². The van der Waals surface area contributed by atoms with Crippen molar-refractivity contribution in [1.82, 2.24) is 5.32 Å². The Morgan fingerprint density at radius 1 is 0.696 bits per heavy atom. The van der Waals surface area contributed by atoms with E-state index in [1.54, 1.807) is 0 Å². The molecular weight excluding hydrogens is 282 g/mol. The Morgan fingerprint density at radius 3 is 1.57 bits per heavy atom. The monoisotopic (exact) mass is 327 g/mol. The van der Waals surface area contributed by atoms with E-state index in [4.69, 9.17) is 11.5 Å². The van der Waals surface area contributed by atoms with Gasteiger partial charge in [-0.05, 0) is 25.9 Å². The normalized spacial score (nSPS) is 12.7. The molecule has 0 spiro atoms. The molecule has 0 fully saturated rings. The van der Waals surface area contributed by atoms with Crippen LogP contribution < -0.4 is 16.8 Å². The molecule has 0 rings (SSSR count). The molecule has 1 unspecified atom stereocenters. The van der Waals surface area contributed by atoms with Crippen LogP contribution in [0.2, 0.25) is 0 Å². The van der Waals surface area contributed by atoms with Gasteiger partial charge >= 0.3 is 0 Å². The van der Waals surface area contributed by atoms with E-state index < -0.39 is 0 Å². The Labute approximate surface area is 146 Å². The Balaban J connectivity index is 3.00. The zero-order valence-electron chi connectivity index (χ0n) is 16.0. The largest absolute Gasteiger partial charge is 0.330 e. The fourth-order valence-corrected chi connectivity index (χ4v) is 3.05. The van der Waals surface area contributed by atoms with Gasteiger partial charge in [0.05, 0.1) is 0 Å². The second-order valence-electron chi connectivity index (χ2n) is 7.14. The molecule has 0 amide bonds. The zero-order chi connectivity index (χ0) is 17.0. The van der Waals surface area contributed by atoms with Crippen LogP contribution in [0.15, 0.2) is 0 Å². The van der Waals surface area contributed by atoms with E-state index >= 15 is 0 Å². The molecular formula is C20H45N3. The summed E-state index contributed by atoms with van der Waals surface area (Å²) in [5, 5.41) is 3.43. The molecule has 0 aromatic carbocycles. The van der Waals surface area contributed by atoms with Crippen LogP contribution in [0.5, 0.6) is 0 Å². The molecule has 5 N–H and O–H groups in total. The first kappa shape index (κ1) is 22.9. The molecule has 140 valence electrons. The molecule has 0 aliphatic rings. The molecule has 0 heterocycles. The number of rotatable bonds is 19. The van der Waals surface area contributed by atoms with Gasteiger partial charge in [0.25, 0.3) is 0 Å². The first-order valence-corrected chi connectivity index (χ1v) is 10.5. The smallest absolute Gasteiger partial charge is 0.0177 e. The van der Waals surface area contributed by atoms with Gasteiger partial charge in [-0.2, -0.15) is 0 Å². The molecule has 0 aliphatic heterocycles. The van der Waals surface area contributed by atoms with Gasteiger partial charge in [0.15, 0.2) is 0 Å². The van der Waals surface area contributed by atoms with E-state index in [1.807, 2.05) is 0 Å². The Hall–Kier alpha value is -0.120. The van der Waals surface area contributed by atoms with Crippen molar-refractivity contribution >= 4 is 0 Å². The summed E-state index contributed by atoms with van der Waals surface area (Å²) < 4.78 is 0. The van der Waals surface area contributed by atoms with Crippen molar-refractivity contribution < 1.29 is 0 Å². The number of hydrogen-bond acceptors (Lipinski definition) is 3. The van der Waals surface area contributed by atoms with Crippen molar-refractivity contribution in [3.63, 3.8) is 0 Å². The third kappa shape index (κ3) is 19.8. The Kier molecular flexibility index (Phi) is 19.8. The minimum Gasteiger partial charge on any atom is -0.330 e. The first-order valence-electron chi connectivity index (χ1n) is 10.5. The van der Waals surface area contributed by atoms with Crippen LogP contribution in [-0.4, -0.2) is 25.7 Å². The van der Waals surface area contributed by atoms with Gasteiger partial charge < -0.3 is 16.8 Å². The van der Waals surface area contributed by atoms with Gasteiger partial charge in [-0.15, -0.1) is 0 Å². The summed E-state index contributed by atoms with van der Waals surface area (Å²) in [6.45, 7) is 5.00. The first-order chi connectivity index (χ1) is 11.3. The molecule has 0 saturated carbocycles. The lowest BCUT2D eigenvalue weighted by atomic mass is 10.0. The van der Waals surface area contributed by atoms with Gasteiger partial charge in [0.2, 0.25) is 0 Å². The van der Waals surface area contributed by atoms with Crippen LogP contribution in [0.25, 0.3) is 0 Å². The van der Waals surface area contributed by atoms with Crippen LogP contribution in [0, 0.1) is 0 Å². The lowest BCUT2D eigenvalue weighted by Gasteiger charge is -2.11. The van der Waals surface area contributed by atoms with Gasteiger partial charge in [0, 0.05) is 12.6 Å². The molecule has 0 radical (unpaired) electrons. The van der Waals surface area contributed by atoms with E-state index in [9.17, 15) is 0 Å². The summed E-state index contributed by atoms with van der Waals surface area (Å²) in [6, 6.07) is 0.228. The standard InChI is InChI=1S/C20H45N3/c1-2-3-4-5-6-7-8-9-10-11-12-13-14-15-18-23-19-20(22)16-17-21/h20,23H,2-19,21-22H2,1H3. The van der Waals surface area contributed by atoms with E-state index in [0.29, 0.717) is 6.54 Å². The van der Waals surface area contributed by atoms with Crippen molar-refractivity contribution in [1.29, 1.82) is 0 Å². The maximum absolute atomic E-state index is 5.90. The molecule has 1 atom stereocenters. The SMILES string of the molecule is CCCCCCCCCCCCCCCCNCC(N)CCN. The van der Waals surface area contributed by atoms with Gasteiger partial charge in [-0.1, -0.05) is 90.4 Å². The number of hydrogen-bond donors (Lipinski definition) is 3. The number of unbranched alkanes of at least 4 members (excludes halogenated alkanes) is 13. The van der Waals surface area contributed by atoms with Crippen molar-refractivity contribution in [3.05, 3.63) is 0 Å². The lowest BCUT2D eigenvalue weighted by Crippen LogP contribution is -2.35. The third-order valence-corrected chi connectivity index (χ3v) is 4.65. The summed E-state index contributed by atoms with van der Waals surface area (Å²) in [4.78, 5) is 0. The van der Waals surface area contributed by atoms with Crippen LogP contribution in [0.3, 0.4) is 0 Å². The van der Waals surface area contributed by atoms with Gasteiger partial charge in [0.1, 0.15) is 0 Å². The van der Waals surface area contributed by atoms with Crippen molar-refractivity contribution in [2.24, 2.45) is 11.5 Å². The Bertz CT molecular complexity index is 209. The average molecular weight is 328 g/mol. The topological polar surface area (TPSA) is 64.1 Å². The Morgan fingerprint density at radius 2 is 1.13 bits per heavy atom. The highest BCUT2D eigenvalue weighted by Crippen LogP contribution is 2.12. The molecule has 0 aromatic heterocycles. The van der Waals surface area contributed by atoms with Crippen LogP contribution in [0.1, 0.15) is 103 Å². The highest BCUT2D eigenvalue weighted by molar-refractivity contribution is 4.64. The maximum Gasteiger partial charge on any atom is 0.0177 e. The van der Waals surface area contributed by atoms with E-state index in [-0.39, 0.29) is 6.04 Å². The number of nitrogens with two attached hydrogens (primary N) is 2. The van der Waals surface area contributed by atoms with E-state index in [2.05, 4.69) is 12.2 Å². The minimum atomic E-state index is 0.228. The second kappa shape index (κ2) is 19.9. The molecule has 0 aliphatic carbocycles. The highest BCUT2D eigenvalue weighted by atomic mass is 14.9. The van der Waals surface area contributed by atoms with Crippen LogP contribution >= 0.6 is 0 Å². The van der Waals surface area contributed by atoms with Crippen molar-refractivity contribution in [2.75, 3.05) is 19.6 Å². The summed E-state index contributed by atoms with van der Waals surface area (Å²) in [7, 11) is 0.